The van der Waals surface area contributed by atoms with Crippen LogP contribution in [0.1, 0.15) is 20.3 Å². The molecule has 8 heteroatoms. The molecule has 1 aromatic rings. The van der Waals surface area contributed by atoms with Crippen molar-refractivity contribution in [2.75, 3.05) is 12.4 Å². The molecule has 1 aromatic carbocycles. The predicted molar refractivity (Wildman–Crippen MR) is 78.4 cm³/mol. The van der Waals surface area contributed by atoms with Crippen molar-refractivity contribution in [2.24, 2.45) is 5.92 Å². The highest BCUT2D eigenvalue weighted by Crippen LogP contribution is 2.14. The third-order valence-electron chi connectivity index (χ3n) is 3.01. The number of hydrogen-bond acceptors (Lipinski definition) is 4. The number of anilines is 1. The lowest BCUT2D eigenvalue weighted by Gasteiger charge is -2.16. The van der Waals surface area contributed by atoms with Crippen molar-refractivity contribution >= 4 is 23.5 Å². The molecule has 0 aliphatic carbocycles. The molecule has 0 fully saturated rings. The van der Waals surface area contributed by atoms with Crippen molar-refractivity contribution in [3.05, 3.63) is 29.8 Å². The molecule has 23 heavy (non-hydrogen) atoms. The number of nitrogens with one attached hydrogen (secondary N) is 2. The zero-order valence-corrected chi connectivity index (χ0v) is 13.0. The minimum atomic E-state index is -1.11. The van der Waals surface area contributed by atoms with E-state index in [0.717, 1.165) is 12.1 Å². The molecule has 1 unspecified atom stereocenters. The minimum absolute atomic E-state index is 0.0360. The van der Waals surface area contributed by atoms with Gasteiger partial charge in [-0.1, -0.05) is 0 Å². The Bertz CT molecular complexity index is 587. The second-order valence-corrected chi connectivity index (χ2v) is 5.06. The SMILES string of the molecule is COC(=O)C[C@H](C)NC(=O)C(C)C(=O)Nc1cc(F)cc(F)c1. The average Bonchev–Trinajstić information content (AvgIpc) is 2.44. The molecule has 0 aliphatic heterocycles. The maximum Gasteiger partial charge on any atom is 0.307 e. The molecule has 2 N–H and O–H groups in total. The Kier molecular flexibility index (Phi) is 6.62. The smallest absolute Gasteiger partial charge is 0.307 e. The van der Waals surface area contributed by atoms with Crippen LogP contribution in [0.5, 0.6) is 0 Å². The van der Waals surface area contributed by atoms with Crippen LogP contribution < -0.4 is 10.6 Å². The summed E-state index contributed by atoms with van der Waals surface area (Å²) in [5, 5.41) is 4.74. The number of methoxy groups -OCH3 is 1. The van der Waals surface area contributed by atoms with Crippen LogP contribution in [0.4, 0.5) is 14.5 Å². The molecule has 126 valence electrons. The molecule has 0 radical (unpaired) electrons. The van der Waals surface area contributed by atoms with Gasteiger partial charge >= 0.3 is 5.97 Å². The van der Waals surface area contributed by atoms with Crippen molar-refractivity contribution in [2.45, 2.75) is 26.3 Å². The number of esters is 1. The van der Waals surface area contributed by atoms with Gasteiger partial charge in [0.15, 0.2) is 0 Å². The fourth-order valence-corrected chi connectivity index (χ4v) is 1.75. The lowest BCUT2D eigenvalue weighted by atomic mass is 10.1. The monoisotopic (exact) mass is 328 g/mol. The Labute approximate surface area is 132 Å². The third kappa shape index (κ3) is 6.01. The first kappa shape index (κ1) is 18.5. The zero-order valence-electron chi connectivity index (χ0n) is 13.0. The van der Waals surface area contributed by atoms with Gasteiger partial charge in [0, 0.05) is 17.8 Å². The molecule has 0 aromatic heterocycles. The number of ether oxygens (including phenoxy) is 1. The molecule has 0 aliphatic rings. The number of carbonyl (C=O) groups is 3. The zero-order chi connectivity index (χ0) is 17.6. The summed E-state index contributed by atoms with van der Waals surface area (Å²) >= 11 is 0. The highest BCUT2D eigenvalue weighted by atomic mass is 19.1. The third-order valence-corrected chi connectivity index (χ3v) is 3.01. The number of amides is 2. The molecule has 2 atom stereocenters. The highest BCUT2D eigenvalue weighted by Gasteiger charge is 2.23. The first-order chi connectivity index (χ1) is 10.7. The number of benzene rings is 1. The molecule has 6 nitrogen and oxygen atoms in total. The molecule has 0 saturated heterocycles. The van der Waals surface area contributed by atoms with Gasteiger partial charge in [-0.3, -0.25) is 14.4 Å². The number of halogens is 2. The van der Waals surface area contributed by atoms with E-state index in [0.29, 0.717) is 6.07 Å². The van der Waals surface area contributed by atoms with Crippen LogP contribution >= 0.6 is 0 Å². The average molecular weight is 328 g/mol. The van der Waals surface area contributed by atoms with Gasteiger partial charge in [0.05, 0.1) is 13.5 Å². The van der Waals surface area contributed by atoms with Crippen LogP contribution in [0.3, 0.4) is 0 Å². The van der Waals surface area contributed by atoms with E-state index >= 15 is 0 Å². The number of hydrogen-bond donors (Lipinski definition) is 2. The van der Waals surface area contributed by atoms with Crippen molar-refractivity contribution < 1.29 is 27.9 Å². The second-order valence-electron chi connectivity index (χ2n) is 5.06. The van der Waals surface area contributed by atoms with Crippen LogP contribution in [0.25, 0.3) is 0 Å². The van der Waals surface area contributed by atoms with E-state index in [-0.39, 0.29) is 12.1 Å². The number of rotatable bonds is 6. The lowest BCUT2D eigenvalue weighted by molar-refractivity contribution is -0.141. The normalized spacial score (nSPS) is 12.9. The maximum atomic E-state index is 13.1. The summed E-state index contributed by atoms with van der Waals surface area (Å²) in [5.41, 5.74) is -0.0882. The summed E-state index contributed by atoms with van der Waals surface area (Å²) < 4.78 is 30.6. The summed E-state index contributed by atoms with van der Waals surface area (Å²) in [4.78, 5) is 34.9. The molecule has 0 spiro atoms. The maximum absolute atomic E-state index is 13.1. The molecule has 0 saturated carbocycles. The van der Waals surface area contributed by atoms with Gasteiger partial charge < -0.3 is 15.4 Å². The molecule has 1 rings (SSSR count). The van der Waals surface area contributed by atoms with Crippen LogP contribution in [-0.4, -0.2) is 30.9 Å². The Hall–Kier alpha value is -2.51. The van der Waals surface area contributed by atoms with E-state index in [9.17, 15) is 23.2 Å². The minimum Gasteiger partial charge on any atom is -0.469 e. The topological polar surface area (TPSA) is 84.5 Å². The Balaban J connectivity index is 2.61. The summed E-state index contributed by atoms with van der Waals surface area (Å²) in [6, 6.07) is 2.02. The van der Waals surface area contributed by atoms with Crippen molar-refractivity contribution in [3.8, 4) is 0 Å². The van der Waals surface area contributed by atoms with E-state index in [4.69, 9.17) is 0 Å². The highest BCUT2D eigenvalue weighted by molar-refractivity contribution is 6.06. The van der Waals surface area contributed by atoms with Gasteiger partial charge in [0.1, 0.15) is 17.6 Å². The Morgan fingerprint density at radius 1 is 1.09 bits per heavy atom. The Morgan fingerprint density at radius 2 is 1.65 bits per heavy atom. The van der Waals surface area contributed by atoms with Crippen LogP contribution in [-0.2, 0) is 19.1 Å². The molecular weight excluding hydrogens is 310 g/mol. The van der Waals surface area contributed by atoms with Gasteiger partial charge in [-0.2, -0.15) is 0 Å². The van der Waals surface area contributed by atoms with Crippen molar-refractivity contribution in [3.63, 3.8) is 0 Å². The van der Waals surface area contributed by atoms with E-state index < -0.39 is 41.4 Å². The van der Waals surface area contributed by atoms with Gasteiger partial charge in [-0.15, -0.1) is 0 Å². The molecule has 2 amide bonds. The first-order valence-corrected chi connectivity index (χ1v) is 6.87. The van der Waals surface area contributed by atoms with Gasteiger partial charge in [-0.25, -0.2) is 8.78 Å². The largest absolute Gasteiger partial charge is 0.469 e. The fourth-order valence-electron chi connectivity index (χ4n) is 1.75. The van der Waals surface area contributed by atoms with Crippen LogP contribution in [0.2, 0.25) is 0 Å². The number of carbonyl (C=O) groups excluding carboxylic acids is 3. The summed E-state index contributed by atoms with van der Waals surface area (Å²) in [6.07, 6.45) is -0.0360. The van der Waals surface area contributed by atoms with Crippen LogP contribution in [0, 0.1) is 17.6 Å². The van der Waals surface area contributed by atoms with E-state index in [1.165, 1.54) is 14.0 Å². The van der Waals surface area contributed by atoms with Crippen molar-refractivity contribution in [1.82, 2.24) is 5.32 Å². The molecular formula is C15H18F2N2O4. The van der Waals surface area contributed by atoms with E-state index in [1.807, 2.05) is 0 Å². The van der Waals surface area contributed by atoms with Gasteiger partial charge in [-0.05, 0) is 26.0 Å². The second kappa shape index (κ2) is 8.21. The molecule has 0 bridgehead atoms. The lowest BCUT2D eigenvalue weighted by Crippen LogP contribution is -2.41. The van der Waals surface area contributed by atoms with Crippen molar-refractivity contribution in [1.29, 1.82) is 0 Å². The van der Waals surface area contributed by atoms with E-state index in [2.05, 4.69) is 15.4 Å². The standard InChI is InChI=1S/C15H18F2N2O4/c1-8(4-13(20)23-3)18-14(21)9(2)15(22)19-12-6-10(16)5-11(17)7-12/h5-9H,4H2,1-3H3,(H,18,21)(H,19,22)/t8-,9?/m0/s1. The summed E-state index contributed by atoms with van der Waals surface area (Å²) in [5.74, 6) is -4.63. The first-order valence-electron chi connectivity index (χ1n) is 6.87. The fraction of sp³-hybridized carbons (Fsp3) is 0.400. The quantitative estimate of drug-likeness (QED) is 0.614. The summed E-state index contributed by atoms with van der Waals surface area (Å²) in [6.45, 7) is 2.92. The molecule has 0 heterocycles. The Morgan fingerprint density at radius 3 is 2.17 bits per heavy atom. The van der Waals surface area contributed by atoms with Crippen LogP contribution in [0.15, 0.2) is 18.2 Å². The summed E-state index contributed by atoms with van der Waals surface area (Å²) in [7, 11) is 1.23. The van der Waals surface area contributed by atoms with Gasteiger partial charge in [0.2, 0.25) is 11.8 Å². The van der Waals surface area contributed by atoms with E-state index in [1.54, 1.807) is 6.92 Å². The predicted octanol–water partition coefficient (Wildman–Crippen LogP) is 1.61. The van der Waals surface area contributed by atoms with Gasteiger partial charge in [0.25, 0.3) is 0 Å².